The Labute approximate surface area is 100 Å². The predicted octanol–water partition coefficient (Wildman–Crippen LogP) is 2.98. The molecule has 0 aliphatic carbocycles. The van der Waals surface area contributed by atoms with Gasteiger partial charge in [0.25, 0.3) is 0 Å². The zero-order valence-corrected chi connectivity index (χ0v) is 10.5. The molecule has 0 aromatic heterocycles. The molecule has 90 valence electrons. The molecule has 0 spiro atoms. The van der Waals surface area contributed by atoms with E-state index in [4.69, 9.17) is 10.5 Å². The van der Waals surface area contributed by atoms with E-state index in [2.05, 4.69) is 6.92 Å². The third-order valence-corrected chi connectivity index (χ3v) is 3.02. The fourth-order valence-corrected chi connectivity index (χ4v) is 1.85. The number of thioether (sulfide) groups is 1. The summed E-state index contributed by atoms with van der Waals surface area (Å²) in [6, 6.07) is 4.35. The van der Waals surface area contributed by atoms with Gasteiger partial charge in [-0.1, -0.05) is 13.0 Å². The molecule has 0 bridgehead atoms. The Bertz CT molecular complexity index is 331. The Morgan fingerprint density at radius 1 is 1.50 bits per heavy atom. The van der Waals surface area contributed by atoms with Crippen molar-refractivity contribution in [3.05, 3.63) is 29.6 Å². The second-order valence-electron chi connectivity index (χ2n) is 3.52. The topological polar surface area (TPSA) is 35.2 Å². The van der Waals surface area contributed by atoms with Gasteiger partial charge in [0, 0.05) is 23.4 Å². The molecule has 0 saturated heterocycles. The summed E-state index contributed by atoms with van der Waals surface area (Å²) >= 11 is 1.80. The van der Waals surface area contributed by atoms with E-state index in [0.29, 0.717) is 12.4 Å². The molecule has 1 aromatic rings. The monoisotopic (exact) mass is 243 g/mol. The molecule has 0 aliphatic heterocycles. The van der Waals surface area contributed by atoms with Gasteiger partial charge in [0.2, 0.25) is 0 Å². The number of rotatable bonds is 6. The van der Waals surface area contributed by atoms with Crippen LogP contribution in [0, 0.1) is 5.82 Å². The molecular formula is C12H18FNOS. The Balaban J connectivity index is 2.65. The summed E-state index contributed by atoms with van der Waals surface area (Å²) in [5.74, 6) is 2.24. The number of halogens is 1. The van der Waals surface area contributed by atoms with Crippen molar-refractivity contribution in [3.8, 4) is 5.75 Å². The summed E-state index contributed by atoms with van der Waals surface area (Å²) in [6.07, 6.45) is 0. The summed E-state index contributed by atoms with van der Waals surface area (Å²) in [5.41, 5.74) is 6.64. The first-order valence-corrected chi connectivity index (χ1v) is 6.56. The van der Waals surface area contributed by atoms with Crippen molar-refractivity contribution in [1.82, 2.24) is 0 Å². The lowest BCUT2D eigenvalue weighted by molar-refractivity contribution is 0.336. The summed E-state index contributed by atoms with van der Waals surface area (Å²) in [4.78, 5) is 0. The second-order valence-corrected chi connectivity index (χ2v) is 4.91. The SMILES string of the molecule is CCSCCOc1cc(F)ccc1[C@H](C)N. The molecule has 2 nitrogen and oxygen atoms in total. The van der Waals surface area contributed by atoms with Gasteiger partial charge in [-0.25, -0.2) is 4.39 Å². The summed E-state index contributed by atoms with van der Waals surface area (Å²) < 4.78 is 18.6. The van der Waals surface area contributed by atoms with Gasteiger partial charge in [-0.3, -0.25) is 0 Å². The molecule has 0 aliphatic rings. The lowest BCUT2D eigenvalue weighted by Crippen LogP contribution is -2.09. The van der Waals surface area contributed by atoms with Gasteiger partial charge in [-0.15, -0.1) is 0 Å². The number of ether oxygens (including phenoxy) is 1. The molecule has 1 rings (SSSR count). The van der Waals surface area contributed by atoms with Gasteiger partial charge < -0.3 is 10.5 Å². The Kier molecular flexibility index (Phi) is 5.63. The van der Waals surface area contributed by atoms with Crippen LogP contribution in [0.5, 0.6) is 5.75 Å². The minimum Gasteiger partial charge on any atom is -0.492 e. The highest BCUT2D eigenvalue weighted by Crippen LogP contribution is 2.24. The fraction of sp³-hybridized carbons (Fsp3) is 0.500. The van der Waals surface area contributed by atoms with E-state index >= 15 is 0 Å². The highest BCUT2D eigenvalue weighted by Gasteiger charge is 2.09. The van der Waals surface area contributed by atoms with E-state index in [1.54, 1.807) is 17.8 Å². The van der Waals surface area contributed by atoms with Crippen LogP contribution in [0.3, 0.4) is 0 Å². The summed E-state index contributed by atoms with van der Waals surface area (Å²) in [6.45, 7) is 4.54. The number of benzene rings is 1. The van der Waals surface area contributed by atoms with Crippen molar-refractivity contribution >= 4 is 11.8 Å². The summed E-state index contributed by atoms with van der Waals surface area (Å²) in [7, 11) is 0. The van der Waals surface area contributed by atoms with E-state index in [1.165, 1.54) is 12.1 Å². The van der Waals surface area contributed by atoms with Crippen molar-refractivity contribution in [2.75, 3.05) is 18.1 Å². The Morgan fingerprint density at radius 2 is 2.25 bits per heavy atom. The van der Waals surface area contributed by atoms with Crippen molar-refractivity contribution in [3.63, 3.8) is 0 Å². The number of hydrogen-bond donors (Lipinski definition) is 1. The summed E-state index contributed by atoms with van der Waals surface area (Å²) in [5, 5.41) is 0. The van der Waals surface area contributed by atoms with E-state index in [-0.39, 0.29) is 11.9 Å². The molecule has 0 fully saturated rings. The molecule has 16 heavy (non-hydrogen) atoms. The number of nitrogens with two attached hydrogens (primary N) is 1. The fourth-order valence-electron chi connectivity index (χ4n) is 1.36. The highest BCUT2D eigenvalue weighted by atomic mass is 32.2. The van der Waals surface area contributed by atoms with E-state index in [1.807, 2.05) is 6.92 Å². The molecule has 0 heterocycles. The first kappa shape index (κ1) is 13.3. The van der Waals surface area contributed by atoms with Crippen molar-refractivity contribution < 1.29 is 9.13 Å². The predicted molar refractivity (Wildman–Crippen MR) is 67.5 cm³/mol. The minimum atomic E-state index is -0.289. The minimum absolute atomic E-state index is 0.144. The highest BCUT2D eigenvalue weighted by molar-refractivity contribution is 7.99. The standard InChI is InChI=1S/C12H18FNOS/c1-3-16-7-6-15-12-8-10(13)4-5-11(12)9(2)14/h4-5,8-9H,3,6-7,14H2,1-2H3/t9-/m0/s1. The molecule has 0 saturated carbocycles. The molecule has 0 amide bonds. The van der Waals surface area contributed by atoms with Gasteiger partial charge in [0.1, 0.15) is 11.6 Å². The molecular weight excluding hydrogens is 225 g/mol. The maximum absolute atomic E-state index is 13.1. The maximum atomic E-state index is 13.1. The van der Waals surface area contributed by atoms with Crippen LogP contribution in [-0.4, -0.2) is 18.1 Å². The largest absolute Gasteiger partial charge is 0.492 e. The van der Waals surface area contributed by atoms with Gasteiger partial charge >= 0.3 is 0 Å². The van der Waals surface area contributed by atoms with E-state index in [0.717, 1.165) is 17.1 Å². The lowest BCUT2D eigenvalue weighted by Gasteiger charge is -2.13. The first-order chi connectivity index (χ1) is 7.65. The third-order valence-electron chi connectivity index (χ3n) is 2.16. The van der Waals surface area contributed by atoms with E-state index in [9.17, 15) is 4.39 Å². The van der Waals surface area contributed by atoms with E-state index < -0.39 is 0 Å². The van der Waals surface area contributed by atoms with Gasteiger partial charge in [-0.05, 0) is 18.7 Å². The van der Waals surface area contributed by atoms with Crippen LogP contribution in [0.15, 0.2) is 18.2 Å². The molecule has 0 radical (unpaired) electrons. The van der Waals surface area contributed by atoms with Crippen LogP contribution >= 0.6 is 11.8 Å². The molecule has 4 heteroatoms. The van der Waals surface area contributed by atoms with Crippen LogP contribution in [0.1, 0.15) is 25.5 Å². The van der Waals surface area contributed by atoms with Crippen molar-refractivity contribution in [1.29, 1.82) is 0 Å². The normalized spacial score (nSPS) is 12.5. The van der Waals surface area contributed by atoms with Crippen LogP contribution in [0.25, 0.3) is 0 Å². The maximum Gasteiger partial charge on any atom is 0.127 e. The molecule has 1 aromatic carbocycles. The second kappa shape index (κ2) is 6.76. The average molecular weight is 243 g/mol. The lowest BCUT2D eigenvalue weighted by atomic mass is 10.1. The van der Waals surface area contributed by atoms with Crippen LogP contribution in [0.2, 0.25) is 0 Å². The zero-order chi connectivity index (χ0) is 12.0. The Hall–Kier alpha value is -0.740. The van der Waals surface area contributed by atoms with Crippen LogP contribution < -0.4 is 10.5 Å². The van der Waals surface area contributed by atoms with Gasteiger partial charge in [0.15, 0.2) is 0 Å². The first-order valence-electron chi connectivity index (χ1n) is 5.40. The van der Waals surface area contributed by atoms with Crippen molar-refractivity contribution in [2.45, 2.75) is 19.9 Å². The van der Waals surface area contributed by atoms with Crippen LogP contribution in [0.4, 0.5) is 4.39 Å². The van der Waals surface area contributed by atoms with Crippen molar-refractivity contribution in [2.24, 2.45) is 5.73 Å². The van der Waals surface area contributed by atoms with Gasteiger partial charge in [0.05, 0.1) is 6.61 Å². The molecule has 0 unspecified atom stereocenters. The average Bonchev–Trinajstić information content (AvgIpc) is 2.24. The Morgan fingerprint density at radius 3 is 2.88 bits per heavy atom. The third kappa shape index (κ3) is 4.02. The number of hydrogen-bond acceptors (Lipinski definition) is 3. The van der Waals surface area contributed by atoms with Gasteiger partial charge in [-0.2, -0.15) is 11.8 Å². The quantitative estimate of drug-likeness (QED) is 0.780. The smallest absolute Gasteiger partial charge is 0.127 e. The van der Waals surface area contributed by atoms with Crippen LogP contribution in [-0.2, 0) is 0 Å². The molecule has 1 atom stereocenters. The molecule has 2 N–H and O–H groups in total. The zero-order valence-electron chi connectivity index (χ0n) is 9.70.